The third-order valence-electron chi connectivity index (χ3n) is 2.51. The van der Waals surface area contributed by atoms with Gasteiger partial charge < -0.3 is 21.3 Å². The summed E-state index contributed by atoms with van der Waals surface area (Å²) in [6.45, 7) is 3.54. The Hall–Kier alpha value is -1.59. The topological polar surface area (TPSA) is 95.6 Å². The summed E-state index contributed by atoms with van der Waals surface area (Å²) in [6.07, 6.45) is -0.693. The van der Waals surface area contributed by atoms with Crippen LogP contribution >= 0.6 is 0 Å². The molecule has 0 aliphatic rings. The van der Waals surface area contributed by atoms with E-state index >= 15 is 0 Å². The van der Waals surface area contributed by atoms with E-state index in [4.69, 9.17) is 5.73 Å². The van der Waals surface area contributed by atoms with Crippen LogP contribution in [0.2, 0.25) is 0 Å². The van der Waals surface area contributed by atoms with Crippen molar-refractivity contribution in [2.45, 2.75) is 26.0 Å². The number of carbonyl (C=O) groups excluding carboxylic acids is 1. The molecule has 0 radical (unpaired) electrons. The van der Waals surface area contributed by atoms with Crippen LogP contribution in [0.4, 0.5) is 0 Å². The van der Waals surface area contributed by atoms with E-state index < -0.39 is 18.1 Å². The van der Waals surface area contributed by atoms with Crippen LogP contribution in [0.15, 0.2) is 18.2 Å². The number of benzene rings is 1. The van der Waals surface area contributed by atoms with E-state index in [1.165, 1.54) is 6.07 Å². The van der Waals surface area contributed by atoms with Crippen molar-refractivity contribution in [3.8, 4) is 5.75 Å². The first-order valence-electron chi connectivity index (χ1n) is 5.43. The van der Waals surface area contributed by atoms with Gasteiger partial charge in [0.2, 0.25) is 0 Å². The van der Waals surface area contributed by atoms with E-state index in [1.54, 1.807) is 19.1 Å². The number of aliphatic hydroxyl groups excluding tert-OH is 1. The van der Waals surface area contributed by atoms with E-state index in [9.17, 15) is 15.0 Å². The minimum atomic E-state index is -0.693. The average Bonchev–Trinajstić information content (AvgIpc) is 2.28. The zero-order chi connectivity index (χ0) is 13.0. The van der Waals surface area contributed by atoms with Gasteiger partial charge in [-0.25, -0.2) is 0 Å². The highest BCUT2D eigenvalue weighted by Crippen LogP contribution is 2.17. The minimum Gasteiger partial charge on any atom is -0.507 e. The molecule has 0 spiro atoms. The molecule has 2 atom stereocenters. The second-order valence-corrected chi connectivity index (χ2v) is 4.14. The van der Waals surface area contributed by atoms with Gasteiger partial charge in [0, 0.05) is 12.6 Å². The van der Waals surface area contributed by atoms with Crippen molar-refractivity contribution in [1.82, 2.24) is 5.32 Å². The van der Waals surface area contributed by atoms with Gasteiger partial charge in [0.15, 0.2) is 0 Å². The van der Waals surface area contributed by atoms with Gasteiger partial charge in [-0.3, -0.25) is 4.79 Å². The number of hydrogen-bond acceptors (Lipinski definition) is 4. The van der Waals surface area contributed by atoms with Gasteiger partial charge in [-0.1, -0.05) is 11.6 Å². The molecule has 17 heavy (non-hydrogen) atoms. The van der Waals surface area contributed by atoms with Crippen LogP contribution in [-0.2, 0) is 0 Å². The maximum Gasteiger partial charge on any atom is 0.255 e. The zero-order valence-corrected chi connectivity index (χ0v) is 9.97. The third kappa shape index (κ3) is 3.72. The number of amides is 1. The molecule has 1 amide bonds. The van der Waals surface area contributed by atoms with Gasteiger partial charge in [-0.2, -0.15) is 0 Å². The molecule has 2 unspecified atom stereocenters. The van der Waals surface area contributed by atoms with E-state index in [1.807, 2.05) is 6.92 Å². The van der Waals surface area contributed by atoms with Crippen LogP contribution in [-0.4, -0.2) is 34.8 Å². The molecular formula is C12H18N2O3. The quantitative estimate of drug-likeness (QED) is 0.600. The Kier molecular flexibility index (Phi) is 4.48. The van der Waals surface area contributed by atoms with Crippen LogP contribution in [0.3, 0.4) is 0 Å². The number of aryl methyl sites for hydroxylation is 1. The highest BCUT2D eigenvalue weighted by Gasteiger charge is 2.14. The lowest BCUT2D eigenvalue weighted by Gasteiger charge is -2.15. The fourth-order valence-corrected chi connectivity index (χ4v) is 1.31. The summed E-state index contributed by atoms with van der Waals surface area (Å²) >= 11 is 0. The Morgan fingerprint density at radius 2 is 2.18 bits per heavy atom. The second-order valence-electron chi connectivity index (χ2n) is 4.14. The van der Waals surface area contributed by atoms with Crippen LogP contribution < -0.4 is 11.1 Å². The van der Waals surface area contributed by atoms with E-state index in [-0.39, 0.29) is 17.9 Å². The van der Waals surface area contributed by atoms with Crippen LogP contribution in [0.1, 0.15) is 22.8 Å². The lowest BCUT2D eigenvalue weighted by atomic mass is 10.1. The molecule has 0 aliphatic carbocycles. The Balaban J connectivity index is 2.67. The molecule has 0 aliphatic heterocycles. The number of aliphatic hydroxyl groups is 1. The van der Waals surface area contributed by atoms with Crippen LogP contribution in [0, 0.1) is 6.92 Å². The molecule has 5 nitrogen and oxygen atoms in total. The second kappa shape index (κ2) is 5.65. The molecule has 0 heterocycles. The van der Waals surface area contributed by atoms with Crippen molar-refractivity contribution >= 4 is 5.91 Å². The van der Waals surface area contributed by atoms with Gasteiger partial charge in [-0.05, 0) is 26.0 Å². The summed E-state index contributed by atoms with van der Waals surface area (Å²) in [6, 6.07) is 4.26. The first-order chi connectivity index (χ1) is 7.91. The highest BCUT2D eigenvalue weighted by molar-refractivity contribution is 5.97. The molecule has 0 saturated carbocycles. The molecule has 0 bridgehead atoms. The standard InChI is InChI=1S/C12H18N2O3/c1-7-3-4-11(16)9(5-7)12(17)14-6-10(13)8(2)15/h3-5,8,10,15-16H,6,13H2,1-2H3,(H,14,17). The zero-order valence-electron chi connectivity index (χ0n) is 9.97. The normalized spacial score (nSPS) is 14.1. The molecule has 0 aromatic heterocycles. The maximum atomic E-state index is 11.7. The highest BCUT2D eigenvalue weighted by atomic mass is 16.3. The Bertz CT molecular complexity index is 405. The van der Waals surface area contributed by atoms with Crippen molar-refractivity contribution < 1.29 is 15.0 Å². The Morgan fingerprint density at radius 3 is 2.76 bits per heavy atom. The molecule has 0 saturated heterocycles. The number of nitrogens with two attached hydrogens (primary N) is 1. The predicted octanol–water partition coefficient (Wildman–Crippen LogP) is 0.139. The average molecular weight is 238 g/mol. The minimum absolute atomic E-state index is 0.0706. The number of phenolic OH excluding ortho intramolecular Hbond substituents is 1. The Labute approximate surface area is 100 Å². The predicted molar refractivity (Wildman–Crippen MR) is 64.8 cm³/mol. The molecule has 94 valence electrons. The van der Waals surface area contributed by atoms with Crippen molar-refractivity contribution in [2.24, 2.45) is 5.73 Å². The van der Waals surface area contributed by atoms with Crippen molar-refractivity contribution in [3.05, 3.63) is 29.3 Å². The summed E-state index contributed by atoms with van der Waals surface area (Å²) in [5.41, 5.74) is 6.68. The van der Waals surface area contributed by atoms with Crippen LogP contribution in [0.5, 0.6) is 5.75 Å². The molecule has 1 aromatic rings. The first-order valence-corrected chi connectivity index (χ1v) is 5.43. The van der Waals surface area contributed by atoms with Gasteiger partial charge in [0.05, 0.1) is 11.7 Å². The van der Waals surface area contributed by atoms with Gasteiger partial charge >= 0.3 is 0 Å². The molecular weight excluding hydrogens is 220 g/mol. The fraction of sp³-hybridized carbons (Fsp3) is 0.417. The van der Waals surface area contributed by atoms with Crippen molar-refractivity contribution in [2.75, 3.05) is 6.54 Å². The Morgan fingerprint density at radius 1 is 1.53 bits per heavy atom. The van der Waals surface area contributed by atoms with Gasteiger partial charge in [0.1, 0.15) is 5.75 Å². The number of nitrogens with one attached hydrogen (secondary N) is 1. The van der Waals surface area contributed by atoms with Crippen molar-refractivity contribution in [1.29, 1.82) is 0 Å². The molecule has 5 N–H and O–H groups in total. The number of aromatic hydroxyl groups is 1. The SMILES string of the molecule is Cc1ccc(O)c(C(=O)NCC(N)C(C)O)c1. The van der Waals surface area contributed by atoms with Crippen molar-refractivity contribution in [3.63, 3.8) is 0 Å². The first kappa shape index (κ1) is 13.5. The summed E-state index contributed by atoms with van der Waals surface area (Å²) in [5.74, 6) is -0.471. The summed E-state index contributed by atoms with van der Waals surface area (Å²) in [5, 5.41) is 21.3. The number of carbonyl (C=O) groups is 1. The molecule has 1 aromatic carbocycles. The van der Waals surface area contributed by atoms with Crippen LogP contribution in [0.25, 0.3) is 0 Å². The molecule has 0 fully saturated rings. The number of hydrogen-bond donors (Lipinski definition) is 4. The lowest BCUT2D eigenvalue weighted by molar-refractivity contribution is 0.0935. The van der Waals surface area contributed by atoms with Gasteiger partial charge in [0.25, 0.3) is 5.91 Å². The summed E-state index contributed by atoms with van der Waals surface area (Å²) < 4.78 is 0. The summed E-state index contributed by atoms with van der Waals surface area (Å²) in [7, 11) is 0. The third-order valence-corrected chi connectivity index (χ3v) is 2.51. The largest absolute Gasteiger partial charge is 0.507 e. The van der Waals surface area contributed by atoms with E-state index in [0.29, 0.717) is 0 Å². The number of phenols is 1. The molecule has 5 heteroatoms. The monoisotopic (exact) mass is 238 g/mol. The maximum absolute atomic E-state index is 11.7. The fourth-order valence-electron chi connectivity index (χ4n) is 1.31. The van der Waals surface area contributed by atoms with E-state index in [0.717, 1.165) is 5.56 Å². The van der Waals surface area contributed by atoms with Gasteiger partial charge in [-0.15, -0.1) is 0 Å². The summed E-state index contributed by atoms with van der Waals surface area (Å²) in [4.78, 5) is 11.7. The molecule has 1 rings (SSSR count). The smallest absolute Gasteiger partial charge is 0.255 e. The lowest BCUT2D eigenvalue weighted by Crippen LogP contribution is -2.43. The number of rotatable bonds is 4. The van der Waals surface area contributed by atoms with E-state index in [2.05, 4.69) is 5.32 Å².